The van der Waals surface area contributed by atoms with E-state index >= 15 is 0 Å². The van der Waals surface area contributed by atoms with Gasteiger partial charge >= 0.3 is 0 Å². The van der Waals surface area contributed by atoms with E-state index < -0.39 is 10.0 Å². The van der Waals surface area contributed by atoms with Crippen LogP contribution >= 0.6 is 0 Å². The Hall–Kier alpha value is -1.40. The van der Waals surface area contributed by atoms with Gasteiger partial charge in [0.25, 0.3) is 0 Å². The number of carbonyl (C=O) groups excluding carboxylic acids is 1. The predicted octanol–water partition coefficient (Wildman–Crippen LogP) is 1.54. The number of rotatable bonds is 6. The molecule has 21 heavy (non-hydrogen) atoms. The van der Waals surface area contributed by atoms with Gasteiger partial charge in [-0.1, -0.05) is 37.1 Å². The maximum atomic E-state index is 11.9. The zero-order valence-corrected chi connectivity index (χ0v) is 13.1. The van der Waals surface area contributed by atoms with E-state index in [0.29, 0.717) is 6.54 Å². The van der Waals surface area contributed by atoms with Crippen molar-refractivity contribution in [3.8, 4) is 0 Å². The number of carbonyl (C=O) groups is 1. The van der Waals surface area contributed by atoms with Crippen molar-refractivity contribution in [1.82, 2.24) is 10.0 Å². The molecule has 6 heteroatoms. The highest BCUT2D eigenvalue weighted by Crippen LogP contribution is 2.24. The average molecular weight is 310 g/mol. The van der Waals surface area contributed by atoms with Gasteiger partial charge in [-0.15, -0.1) is 0 Å². The van der Waals surface area contributed by atoms with E-state index in [4.69, 9.17) is 0 Å². The van der Waals surface area contributed by atoms with Crippen LogP contribution in [0.25, 0.3) is 0 Å². The molecule has 0 unspecified atom stereocenters. The fourth-order valence-corrected chi connectivity index (χ4v) is 3.34. The van der Waals surface area contributed by atoms with Crippen molar-refractivity contribution >= 4 is 15.9 Å². The highest BCUT2D eigenvalue weighted by molar-refractivity contribution is 7.88. The molecule has 1 saturated carbocycles. The fraction of sp³-hybridized carbons (Fsp3) is 0.533. The molecule has 0 spiro atoms. The fourth-order valence-electron chi connectivity index (χ4n) is 2.57. The number of hydrogen-bond donors (Lipinski definition) is 2. The van der Waals surface area contributed by atoms with Crippen LogP contribution in [0.3, 0.4) is 0 Å². The zero-order chi connectivity index (χ0) is 15.3. The molecule has 0 saturated heterocycles. The number of nitrogens with one attached hydrogen (secondary N) is 2. The van der Waals surface area contributed by atoms with Crippen LogP contribution in [0.15, 0.2) is 24.3 Å². The van der Waals surface area contributed by atoms with Gasteiger partial charge in [0, 0.05) is 12.5 Å². The van der Waals surface area contributed by atoms with Crippen LogP contribution in [0.4, 0.5) is 0 Å². The number of benzene rings is 1. The van der Waals surface area contributed by atoms with Gasteiger partial charge in [-0.05, 0) is 31.0 Å². The van der Waals surface area contributed by atoms with Gasteiger partial charge in [0.1, 0.15) is 0 Å². The first-order chi connectivity index (χ1) is 10.00. The summed E-state index contributed by atoms with van der Waals surface area (Å²) in [7, 11) is -1.84. The maximum absolute atomic E-state index is 11.9. The van der Waals surface area contributed by atoms with E-state index in [1.54, 1.807) is 12.1 Å². The molecule has 0 atom stereocenters. The second-order valence-corrected chi connectivity index (χ2v) is 7.41. The molecule has 1 aromatic rings. The molecular formula is C15H22N2O3S. The van der Waals surface area contributed by atoms with Crippen molar-refractivity contribution in [2.45, 2.75) is 38.0 Å². The second-order valence-electron chi connectivity index (χ2n) is 5.48. The van der Waals surface area contributed by atoms with Crippen molar-refractivity contribution in [3.05, 3.63) is 35.4 Å². The van der Waals surface area contributed by atoms with Crippen molar-refractivity contribution in [3.63, 3.8) is 0 Å². The lowest BCUT2D eigenvalue weighted by molar-refractivity contribution is -0.124. The Morgan fingerprint density at radius 1 is 1.14 bits per heavy atom. The minimum atomic E-state index is -3.24. The van der Waals surface area contributed by atoms with Gasteiger partial charge < -0.3 is 5.32 Å². The second kappa shape index (κ2) is 7.04. The Balaban J connectivity index is 1.86. The third kappa shape index (κ3) is 4.82. The molecule has 1 fully saturated rings. The SMILES string of the molecule is CNS(=O)(=O)Cc1ccc(CNC(=O)C2CCCC2)cc1. The summed E-state index contributed by atoms with van der Waals surface area (Å²) in [6, 6.07) is 7.28. The Morgan fingerprint density at radius 3 is 2.29 bits per heavy atom. The van der Waals surface area contributed by atoms with Crippen LogP contribution in [0.1, 0.15) is 36.8 Å². The van der Waals surface area contributed by atoms with Crippen LogP contribution in [-0.2, 0) is 27.1 Å². The summed E-state index contributed by atoms with van der Waals surface area (Å²) in [6.45, 7) is 0.494. The van der Waals surface area contributed by atoms with Crippen LogP contribution in [0.2, 0.25) is 0 Å². The van der Waals surface area contributed by atoms with Crippen molar-refractivity contribution in [1.29, 1.82) is 0 Å². The minimum absolute atomic E-state index is 0.0296. The monoisotopic (exact) mass is 310 g/mol. The lowest BCUT2D eigenvalue weighted by Gasteiger charge is -2.10. The summed E-state index contributed by atoms with van der Waals surface area (Å²) >= 11 is 0. The predicted molar refractivity (Wildman–Crippen MR) is 81.9 cm³/mol. The number of hydrogen-bond acceptors (Lipinski definition) is 3. The van der Waals surface area contributed by atoms with Crippen LogP contribution < -0.4 is 10.0 Å². The Labute approximate surface area is 126 Å². The summed E-state index contributed by atoms with van der Waals surface area (Å²) in [6.07, 6.45) is 4.28. The molecule has 0 aromatic heterocycles. The van der Waals surface area contributed by atoms with Gasteiger partial charge in [-0.2, -0.15) is 0 Å². The number of sulfonamides is 1. The molecule has 1 amide bonds. The molecule has 116 valence electrons. The van der Waals surface area contributed by atoms with E-state index in [1.165, 1.54) is 7.05 Å². The lowest BCUT2D eigenvalue weighted by atomic mass is 10.1. The van der Waals surface area contributed by atoms with Crippen molar-refractivity contribution in [2.75, 3.05) is 7.05 Å². The first-order valence-electron chi connectivity index (χ1n) is 7.27. The van der Waals surface area contributed by atoms with Crippen molar-refractivity contribution in [2.24, 2.45) is 5.92 Å². The van der Waals surface area contributed by atoms with Gasteiger partial charge in [0.15, 0.2) is 0 Å². The Kier molecular flexibility index (Phi) is 5.36. The Morgan fingerprint density at radius 2 is 1.71 bits per heavy atom. The molecule has 2 rings (SSSR count). The van der Waals surface area contributed by atoms with Gasteiger partial charge in [-0.25, -0.2) is 13.1 Å². The highest BCUT2D eigenvalue weighted by Gasteiger charge is 2.22. The van der Waals surface area contributed by atoms with E-state index in [-0.39, 0.29) is 17.6 Å². The van der Waals surface area contributed by atoms with Crippen molar-refractivity contribution < 1.29 is 13.2 Å². The molecule has 0 bridgehead atoms. The highest BCUT2D eigenvalue weighted by atomic mass is 32.2. The van der Waals surface area contributed by atoms with E-state index in [2.05, 4.69) is 10.0 Å². The van der Waals surface area contributed by atoms with Crippen LogP contribution in [0, 0.1) is 5.92 Å². The molecule has 0 aliphatic heterocycles. The van der Waals surface area contributed by atoms with Crippen LogP contribution in [0.5, 0.6) is 0 Å². The number of amides is 1. The summed E-state index contributed by atoms with van der Waals surface area (Å²) in [5, 5.41) is 2.95. The summed E-state index contributed by atoms with van der Waals surface area (Å²) in [5.74, 6) is 0.275. The normalized spacial score (nSPS) is 16.0. The van der Waals surface area contributed by atoms with E-state index in [1.807, 2.05) is 12.1 Å². The molecule has 1 aliphatic rings. The smallest absolute Gasteiger partial charge is 0.223 e. The molecular weight excluding hydrogens is 288 g/mol. The molecule has 1 aromatic carbocycles. The first-order valence-corrected chi connectivity index (χ1v) is 8.92. The Bertz CT molecular complexity index is 575. The first kappa shape index (κ1) is 16.0. The molecule has 0 radical (unpaired) electrons. The molecule has 1 aliphatic carbocycles. The summed E-state index contributed by atoms with van der Waals surface area (Å²) in [4.78, 5) is 11.9. The van der Waals surface area contributed by atoms with E-state index in [0.717, 1.165) is 36.8 Å². The quantitative estimate of drug-likeness (QED) is 0.837. The van der Waals surface area contributed by atoms with E-state index in [9.17, 15) is 13.2 Å². The summed E-state index contributed by atoms with van der Waals surface area (Å²) in [5.41, 5.74) is 1.71. The third-order valence-corrected chi connectivity index (χ3v) is 5.22. The standard InChI is InChI=1S/C15H22N2O3S/c1-16-21(19,20)11-13-8-6-12(7-9-13)10-17-15(18)14-4-2-3-5-14/h6-9,14,16H,2-5,10-11H2,1H3,(H,17,18). The van der Waals surface area contributed by atoms with Gasteiger partial charge in [-0.3, -0.25) is 4.79 Å². The van der Waals surface area contributed by atoms with Gasteiger partial charge in [0.2, 0.25) is 15.9 Å². The molecule has 5 nitrogen and oxygen atoms in total. The van der Waals surface area contributed by atoms with Gasteiger partial charge in [0.05, 0.1) is 5.75 Å². The lowest BCUT2D eigenvalue weighted by Crippen LogP contribution is -2.28. The molecule has 0 heterocycles. The topological polar surface area (TPSA) is 75.3 Å². The zero-order valence-electron chi connectivity index (χ0n) is 12.3. The third-order valence-electron chi connectivity index (χ3n) is 3.88. The minimum Gasteiger partial charge on any atom is -0.352 e. The van der Waals surface area contributed by atoms with Crippen LogP contribution in [-0.4, -0.2) is 21.4 Å². The average Bonchev–Trinajstić information content (AvgIpc) is 3.00. The summed E-state index contributed by atoms with van der Waals surface area (Å²) < 4.78 is 25.2. The maximum Gasteiger partial charge on any atom is 0.223 e. The largest absolute Gasteiger partial charge is 0.352 e. The molecule has 2 N–H and O–H groups in total.